The Morgan fingerprint density at radius 1 is 1.50 bits per heavy atom. The number of morpholine rings is 1. The van der Waals surface area contributed by atoms with Crippen molar-refractivity contribution in [3.8, 4) is 0 Å². The van der Waals surface area contributed by atoms with Gasteiger partial charge in [0.05, 0.1) is 18.8 Å². The number of nitrogens with one attached hydrogen (secondary N) is 1. The Bertz CT molecular complexity index is 414. The molecular formula is C14H25N3O2S. The topological polar surface area (TPSA) is 57.6 Å². The zero-order chi connectivity index (χ0) is 14.6. The van der Waals surface area contributed by atoms with E-state index in [1.165, 1.54) is 4.88 Å². The second-order valence-corrected chi connectivity index (χ2v) is 6.92. The molecule has 0 aliphatic carbocycles. The van der Waals surface area contributed by atoms with Crippen LogP contribution in [0, 0.1) is 5.92 Å². The summed E-state index contributed by atoms with van der Waals surface area (Å²) in [6.07, 6.45) is 1.92. The van der Waals surface area contributed by atoms with E-state index >= 15 is 0 Å². The molecule has 1 aromatic rings. The summed E-state index contributed by atoms with van der Waals surface area (Å²) in [6, 6.07) is 0. The van der Waals surface area contributed by atoms with Gasteiger partial charge in [0, 0.05) is 37.3 Å². The van der Waals surface area contributed by atoms with Gasteiger partial charge in [0.2, 0.25) is 0 Å². The molecule has 1 saturated heterocycles. The number of thiazole rings is 1. The predicted molar refractivity (Wildman–Crippen MR) is 82.3 cm³/mol. The van der Waals surface area contributed by atoms with E-state index in [1.54, 1.807) is 11.3 Å². The SMILES string of the molecule is CC(C)C(C)(O)CNCc1cnc(N2CCOCC2)s1. The summed E-state index contributed by atoms with van der Waals surface area (Å²) in [5, 5.41) is 14.6. The Kier molecular flexibility index (Phi) is 5.37. The first-order chi connectivity index (χ1) is 9.49. The van der Waals surface area contributed by atoms with Gasteiger partial charge in [0.15, 0.2) is 5.13 Å². The van der Waals surface area contributed by atoms with Crippen molar-refractivity contribution in [1.29, 1.82) is 0 Å². The number of hydrogen-bond acceptors (Lipinski definition) is 6. The number of ether oxygens (including phenoxy) is 1. The van der Waals surface area contributed by atoms with Crippen LogP contribution in [0.2, 0.25) is 0 Å². The van der Waals surface area contributed by atoms with Gasteiger partial charge >= 0.3 is 0 Å². The van der Waals surface area contributed by atoms with Crippen LogP contribution in [0.5, 0.6) is 0 Å². The summed E-state index contributed by atoms with van der Waals surface area (Å²) < 4.78 is 5.35. The van der Waals surface area contributed by atoms with E-state index in [0.717, 1.165) is 38.0 Å². The third kappa shape index (κ3) is 4.15. The molecule has 6 heteroatoms. The summed E-state index contributed by atoms with van der Waals surface area (Å²) in [5.74, 6) is 0.236. The lowest BCUT2D eigenvalue weighted by molar-refractivity contribution is 0.0140. The average molecular weight is 299 g/mol. The molecule has 20 heavy (non-hydrogen) atoms. The van der Waals surface area contributed by atoms with Crippen molar-refractivity contribution in [3.63, 3.8) is 0 Å². The van der Waals surface area contributed by atoms with Gasteiger partial charge in [0.25, 0.3) is 0 Å². The molecule has 2 heterocycles. The van der Waals surface area contributed by atoms with Gasteiger partial charge < -0.3 is 20.1 Å². The van der Waals surface area contributed by atoms with Crippen molar-refractivity contribution >= 4 is 16.5 Å². The first-order valence-electron chi connectivity index (χ1n) is 7.19. The minimum atomic E-state index is -0.669. The summed E-state index contributed by atoms with van der Waals surface area (Å²) >= 11 is 1.71. The third-order valence-electron chi connectivity index (χ3n) is 3.85. The number of hydrogen-bond donors (Lipinski definition) is 2. The monoisotopic (exact) mass is 299 g/mol. The fourth-order valence-corrected chi connectivity index (χ4v) is 2.85. The second-order valence-electron chi connectivity index (χ2n) is 5.82. The zero-order valence-electron chi connectivity index (χ0n) is 12.6. The highest BCUT2D eigenvalue weighted by Crippen LogP contribution is 2.23. The maximum Gasteiger partial charge on any atom is 0.185 e. The standard InChI is InChI=1S/C14H25N3O2S/c1-11(2)14(3,18)10-15-8-12-9-16-13(20-12)17-4-6-19-7-5-17/h9,11,15,18H,4-8,10H2,1-3H3. The molecule has 1 unspecified atom stereocenters. The maximum atomic E-state index is 10.2. The molecule has 1 fully saturated rings. The van der Waals surface area contributed by atoms with Crippen LogP contribution < -0.4 is 10.2 Å². The maximum absolute atomic E-state index is 10.2. The highest BCUT2D eigenvalue weighted by atomic mass is 32.1. The van der Waals surface area contributed by atoms with Crippen molar-refractivity contribution in [1.82, 2.24) is 10.3 Å². The molecule has 1 aliphatic heterocycles. The Balaban J connectivity index is 1.81. The minimum absolute atomic E-state index is 0.236. The van der Waals surface area contributed by atoms with Crippen molar-refractivity contribution in [2.24, 2.45) is 5.92 Å². The van der Waals surface area contributed by atoms with Crippen LogP contribution in [-0.2, 0) is 11.3 Å². The minimum Gasteiger partial charge on any atom is -0.389 e. The van der Waals surface area contributed by atoms with E-state index in [4.69, 9.17) is 4.74 Å². The average Bonchev–Trinajstić information content (AvgIpc) is 2.88. The number of aromatic nitrogens is 1. The number of rotatable bonds is 6. The molecule has 2 N–H and O–H groups in total. The van der Waals surface area contributed by atoms with E-state index < -0.39 is 5.60 Å². The van der Waals surface area contributed by atoms with E-state index in [-0.39, 0.29) is 5.92 Å². The smallest absolute Gasteiger partial charge is 0.185 e. The molecule has 2 rings (SSSR count). The largest absolute Gasteiger partial charge is 0.389 e. The van der Waals surface area contributed by atoms with Crippen molar-refractivity contribution in [3.05, 3.63) is 11.1 Å². The number of aliphatic hydroxyl groups is 1. The molecule has 1 atom stereocenters. The normalized spacial score (nSPS) is 19.4. The quantitative estimate of drug-likeness (QED) is 0.833. The Morgan fingerprint density at radius 2 is 2.20 bits per heavy atom. The molecule has 5 nitrogen and oxygen atoms in total. The molecule has 1 aliphatic rings. The van der Waals surface area contributed by atoms with Gasteiger partial charge in [-0.25, -0.2) is 4.98 Å². The van der Waals surface area contributed by atoms with Crippen molar-refractivity contribution in [2.45, 2.75) is 32.9 Å². The first kappa shape index (κ1) is 15.7. The van der Waals surface area contributed by atoms with E-state index in [2.05, 4.69) is 15.2 Å². The van der Waals surface area contributed by atoms with Gasteiger partial charge in [-0.1, -0.05) is 13.8 Å². The van der Waals surface area contributed by atoms with Crippen LogP contribution in [0.3, 0.4) is 0 Å². The number of anilines is 1. The van der Waals surface area contributed by atoms with E-state index in [1.807, 2.05) is 27.0 Å². The number of nitrogens with zero attached hydrogens (tertiary/aromatic N) is 2. The molecule has 114 valence electrons. The molecule has 1 aromatic heterocycles. The third-order valence-corrected chi connectivity index (χ3v) is 4.91. The molecule has 0 radical (unpaired) electrons. The summed E-state index contributed by atoms with van der Waals surface area (Å²) in [7, 11) is 0. The lowest BCUT2D eigenvalue weighted by Gasteiger charge is -2.27. The molecule has 0 aromatic carbocycles. The summed E-state index contributed by atoms with van der Waals surface area (Å²) in [6.45, 7) is 10.7. The fourth-order valence-electron chi connectivity index (χ4n) is 1.92. The van der Waals surface area contributed by atoms with Crippen LogP contribution in [0.25, 0.3) is 0 Å². The lowest BCUT2D eigenvalue weighted by Crippen LogP contribution is -2.41. The molecular weight excluding hydrogens is 274 g/mol. The first-order valence-corrected chi connectivity index (χ1v) is 8.01. The van der Waals surface area contributed by atoms with Gasteiger partial charge in [-0.3, -0.25) is 0 Å². The van der Waals surface area contributed by atoms with E-state index in [0.29, 0.717) is 6.54 Å². The van der Waals surface area contributed by atoms with Crippen molar-refractivity contribution < 1.29 is 9.84 Å². The van der Waals surface area contributed by atoms with Gasteiger partial charge in [-0.05, 0) is 12.8 Å². The summed E-state index contributed by atoms with van der Waals surface area (Å²) in [5.41, 5.74) is -0.669. The van der Waals surface area contributed by atoms with Crippen LogP contribution in [0.15, 0.2) is 6.20 Å². The Hall–Kier alpha value is -0.690. The van der Waals surface area contributed by atoms with Crippen LogP contribution >= 0.6 is 11.3 Å². The highest BCUT2D eigenvalue weighted by Gasteiger charge is 2.24. The van der Waals surface area contributed by atoms with Crippen LogP contribution in [0.1, 0.15) is 25.6 Å². The van der Waals surface area contributed by atoms with Gasteiger partial charge in [0.1, 0.15) is 0 Å². The van der Waals surface area contributed by atoms with Crippen LogP contribution in [-0.4, -0.2) is 48.5 Å². The van der Waals surface area contributed by atoms with Crippen molar-refractivity contribution in [2.75, 3.05) is 37.7 Å². The second kappa shape index (κ2) is 6.85. The van der Waals surface area contributed by atoms with E-state index in [9.17, 15) is 5.11 Å². The van der Waals surface area contributed by atoms with Gasteiger partial charge in [-0.15, -0.1) is 11.3 Å². The highest BCUT2D eigenvalue weighted by molar-refractivity contribution is 7.15. The fraction of sp³-hybridized carbons (Fsp3) is 0.786. The lowest BCUT2D eigenvalue weighted by atomic mass is 9.93. The van der Waals surface area contributed by atoms with Gasteiger partial charge in [-0.2, -0.15) is 0 Å². The predicted octanol–water partition coefficient (Wildman–Crippen LogP) is 1.48. The zero-order valence-corrected chi connectivity index (χ0v) is 13.4. The Labute approximate surface area is 125 Å². The molecule has 0 saturated carbocycles. The molecule has 0 amide bonds. The van der Waals surface area contributed by atoms with Crippen LogP contribution in [0.4, 0.5) is 5.13 Å². The molecule has 0 bridgehead atoms. The Morgan fingerprint density at radius 3 is 2.85 bits per heavy atom. The molecule has 0 spiro atoms. The summed E-state index contributed by atoms with van der Waals surface area (Å²) in [4.78, 5) is 7.94.